The smallest absolute Gasteiger partial charge is 0.253 e. The van der Waals surface area contributed by atoms with E-state index in [9.17, 15) is 9.90 Å². The predicted octanol–water partition coefficient (Wildman–Crippen LogP) is 3.05. The molecule has 3 aromatic rings. The van der Waals surface area contributed by atoms with E-state index in [1.165, 1.54) is 0 Å². The highest BCUT2D eigenvalue weighted by molar-refractivity contribution is 5.94. The third kappa shape index (κ3) is 5.16. The maximum absolute atomic E-state index is 12.7. The topological polar surface area (TPSA) is 62.2 Å². The van der Waals surface area contributed by atoms with Crippen LogP contribution in [0, 0.1) is 0 Å². The standard InChI is InChI=1S/C25H28N2O4/c1-30-22-11-9-20(10-12-22)25(29)27-15-13-26(14-16-27)17-21(28)18-31-24-8-4-6-19-5-2-3-7-23(19)24/h2-12,21,28H,13-18H2,1H3. The van der Waals surface area contributed by atoms with Gasteiger partial charge in [0, 0.05) is 43.7 Å². The van der Waals surface area contributed by atoms with Crippen molar-refractivity contribution >= 4 is 16.7 Å². The summed E-state index contributed by atoms with van der Waals surface area (Å²) >= 11 is 0. The number of carbonyl (C=O) groups excluding carboxylic acids is 1. The van der Waals surface area contributed by atoms with Crippen LogP contribution in [0.5, 0.6) is 11.5 Å². The summed E-state index contributed by atoms with van der Waals surface area (Å²) < 4.78 is 11.1. The molecule has 1 aliphatic rings. The third-order valence-corrected chi connectivity index (χ3v) is 5.65. The Kier molecular flexibility index (Phi) is 6.70. The van der Waals surface area contributed by atoms with Crippen molar-refractivity contribution in [3.05, 3.63) is 72.3 Å². The van der Waals surface area contributed by atoms with Gasteiger partial charge in [0.1, 0.15) is 24.2 Å². The number of carbonyl (C=O) groups is 1. The van der Waals surface area contributed by atoms with Crippen LogP contribution in [0.25, 0.3) is 10.8 Å². The molecule has 1 unspecified atom stereocenters. The van der Waals surface area contributed by atoms with Gasteiger partial charge in [0.05, 0.1) is 7.11 Å². The molecule has 1 heterocycles. The van der Waals surface area contributed by atoms with E-state index in [0.29, 0.717) is 25.2 Å². The number of β-amino-alcohol motifs (C(OH)–C–C–N with tert-alkyl or cyclic N) is 1. The number of fused-ring (bicyclic) bond motifs is 1. The minimum atomic E-state index is -0.595. The minimum absolute atomic E-state index is 0.0298. The summed E-state index contributed by atoms with van der Waals surface area (Å²) in [7, 11) is 1.61. The molecule has 1 fully saturated rings. The molecule has 1 saturated heterocycles. The number of methoxy groups -OCH3 is 1. The van der Waals surface area contributed by atoms with Gasteiger partial charge in [-0.05, 0) is 35.7 Å². The Bertz CT molecular complexity index is 1010. The number of aliphatic hydroxyl groups excluding tert-OH is 1. The van der Waals surface area contributed by atoms with Gasteiger partial charge < -0.3 is 19.5 Å². The summed E-state index contributed by atoms with van der Waals surface area (Å²) in [5.41, 5.74) is 0.665. The van der Waals surface area contributed by atoms with Crippen molar-refractivity contribution in [2.45, 2.75) is 6.10 Å². The Labute approximate surface area is 182 Å². The summed E-state index contributed by atoms with van der Waals surface area (Å²) in [6.45, 7) is 3.50. The van der Waals surface area contributed by atoms with E-state index in [1.54, 1.807) is 31.4 Å². The Balaban J connectivity index is 1.25. The van der Waals surface area contributed by atoms with E-state index in [0.717, 1.165) is 35.4 Å². The number of rotatable bonds is 7. The molecule has 0 radical (unpaired) electrons. The lowest BCUT2D eigenvalue weighted by molar-refractivity contribution is 0.0406. The monoisotopic (exact) mass is 420 g/mol. The van der Waals surface area contributed by atoms with Gasteiger partial charge in [-0.2, -0.15) is 0 Å². The molecule has 1 atom stereocenters. The van der Waals surface area contributed by atoms with Crippen molar-refractivity contribution in [1.82, 2.24) is 9.80 Å². The molecular formula is C25H28N2O4. The number of aliphatic hydroxyl groups is 1. The van der Waals surface area contributed by atoms with E-state index in [4.69, 9.17) is 9.47 Å². The number of nitrogens with zero attached hydrogens (tertiary/aromatic N) is 2. The maximum atomic E-state index is 12.7. The molecule has 3 aromatic carbocycles. The predicted molar refractivity (Wildman–Crippen MR) is 121 cm³/mol. The van der Waals surface area contributed by atoms with E-state index < -0.39 is 6.10 Å². The molecule has 1 N–H and O–H groups in total. The Morgan fingerprint density at radius 1 is 0.968 bits per heavy atom. The second kappa shape index (κ2) is 9.81. The maximum Gasteiger partial charge on any atom is 0.253 e. The van der Waals surface area contributed by atoms with Crippen LogP contribution in [0.15, 0.2) is 66.7 Å². The fourth-order valence-electron chi connectivity index (χ4n) is 3.91. The first-order chi connectivity index (χ1) is 15.1. The molecule has 1 amide bonds. The SMILES string of the molecule is COc1ccc(C(=O)N2CCN(CC(O)COc3cccc4ccccc34)CC2)cc1. The van der Waals surface area contributed by atoms with Gasteiger partial charge in [-0.25, -0.2) is 0 Å². The number of amides is 1. The highest BCUT2D eigenvalue weighted by atomic mass is 16.5. The summed E-state index contributed by atoms with van der Waals surface area (Å²) in [6.07, 6.45) is -0.595. The highest BCUT2D eigenvalue weighted by Crippen LogP contribution is 2.25. The first-order valence-electron chi connectivity index (χ1n) is 10.6. The lowest BCUT2D eigenvalue weighted by atomic mass is 10.1. The number of hydrogen-bond acceptors (Lipinski definition) is 5. The molecule has 162 valence electrons. The van der Waals surface area contributed by atoms with Crippen molar-refractivity contribution in [2.24, 2.45) is 0 Å². The Morgan fingerprint density at radius 2 is 1.68 bits per heavy atom. The second-order valence-corrected chi connectivity index (χ2v) is 7.76. The first kappa shape index (κ1) is 21.2. The average Bonchev–Trinajstić information content (AvgIpc) is 2.83. The average molecular weight is 421 g/mol. The number of ether oxygens (including phenoxy) is 2. The molecule has 1 aliphatic heterocycles. The van der Waals surface area contributed by atoms with Gasteiger partial charge in [0.25, 0.3) is 5.91 Å². The van der Waals surface area contributed by atoms with Crippen LogP contribution in [0.2, 0.25) is 0 Å². The van der Waals surface area contributed by atoms with Crippen LogP contribution >= 0.6 is 0 Å². The van der Waals surface area contributed by atoms with Crippen molar-refractivity contribution in [2.75, 3.05) is 46.4 Å². The minimum Gasteiger partial charge on any atom is -0.497 e. The molecular weight excluding hydrogens is 392 g/mol. The molecule has 4 rings (SSSR count). The number of benzene rings is 3. The molecule has 6 nitrogen and oxygen atoms in total. The van der Waals surface area contributed by atoms with Gasteiger partial charge in [-0.1, -0.05) is 36.4 Å². The number of hydrogen-bond donors (Lipinski definition) is 1. The van der Waals surface area contributed by atoms with Gasteiger partial charge in [0.2, 0.25) is 0 Å². The Hall–Kier alpha value is -3.09. The summed E-state index contributed by atoms with van der Waals surface area (Å²) in [5, 5.41) is 12.6. The highest BCUT2D eigenvalue weighted by Gasteiger charge is 2.23. The molecule has 31 heavy (non-hydrogen) atoms. The lowest BCUT2D eigenvalue weighted by Gasteiger charge is -2.35. The van der Waals surface area contributed by atoms with Gasteiger partial charge >= 0.3 is 0 Å². The first-order valence-corrected chi connectivity index (χ1v) is 10.6. The van der Waals surface area contributed by atoms with E-state index in [1.807, 2.05) is 47.4 Å². The third-order valence-electron chi connectivity index (χ3n) is 5.65. The van der Waals surface area contributed by atoms with Gasteiger partial charge in [0.15, 0.2) is 0 Å². The lowest BCUT2D eigenvalue weighted by Crippen LogP contribution is -2.50. The summed E-state index contributed by atoms with van der Waals surface area (Å²) in [4.78, 5) is 16.7. The van der Waals surface area contributed by atoms with Crippen molar-refractivity contribution in [3.8, 4) is 11.5 Å². The molecule has 0 aliphatic carbocycles. The van der Waals surface area contributed by atoms with Crippen LogP contribution in [0.1, 0.15) is 10.4 Å². The second-order valence-electron chi connectivity index (χ2n) is 7.76. The van der Waals surface area contributed by atoms with Crippen molar-refractivity contribution in [1.29, 1.82) is 0 Å². The molecule has 0 spiro atoms. The molecule has 0 bridgehead atoms. The zero-order valence-corrected chi connectivity index (χ0v) is 17.7. The fraction of sp³-hybridized carbons (Fsp3) is 0.320. The molecule has 6 heteroatoms. The van der Waals surface area contributed by atoms with Crippen LogP contribution in [-0.2, 0) is 0 Å². The van der Waals surface area contributed by atoms with Crippen LogP contribution in [0.4, 0.5) is 0 Å². The summed E-state index contributed by atoms with van der Waals surface area (Å²) in [5.74, 6) is 1.55. The zero-order chi connectivity index (χ0) is 21.6. The van der Waals surface area contributed by atoms with Crippen molar-refractivity contribution < 1.29 is 19.4 Å². The van der Waals surface area contributed by atoms with E-state index in [-0.39, 0.29) is 12.5 Å². The number of piperazine rings is 1. The van der Waals surface area contributed by atoms with Gasteiger partial charge in [-0.15, -0.1) is 0 Å². The zero-order valence-electron chi connectivity index (χ0n) is 17.7. The Morgan fingerprint density at radius 3 is 2.42 bits per heavy atom. The largest absolute Gasteiger partial charge is 0.497 e. The summed E-state index contributed by atoms with van der Waals surface area (Å²) in [6, 6.07) is 21.2. The normalized spacial score (nSPS) is 15.6. The molecule has 0 aromatic heterocycles. The quantitative estimate of drug-likeness (QED) is 0.637. The van der Waals surface area contributed by atoms with Crippen molar-refractivity contribution in [3.63, 3.8) is 0 Å². The van der Waals surface area contributed by atoms with E-state index in [2.05, 4.69) is 4.90 Å². The van der Waals surface area contributed by atoms with Crippen LogP contribution in [0.3, 0.4) is 0 Å². The fourth-order valence-corrected chi connectivity index (χ4v) is 3.91. The van der Waals surface area contributed by atoms with Crippen LogP contribution < -0.4 is 9.47 Å². The van der Waals surface area contributed by atoms with Crippen LogP contribution in [-0.4, -0.2) is 73.4 Å². The van der Waals surface area contributed by atoms with Gasteiger partial charge in [-0.3, -0.25) is 9.69 Å². The molecule has 0 saturated carbocycles. The van der Waals surface area contributed by atoms with E-state index >= 15 is 0 Å².